The predicted octanol–water partition coefficient (Wildman–Crippen LogP) is 2.93. The standard InChI is InChI=1S/C17H27N3O3S2/c1-10(2)8-11(3)15(18)13-4-5-14(21)20(13)6-7-24-17-19-12(9-25-17)16(22)23/h9-11,13,15H,4-8,18H2,1-3H3,(H,22,23)/t11?,13-,15?/m1/s1. The lowest BCUT2D eigenvalue weighted by Gasteiger charge is -2.33. The first-order valence-electron chi connectivity index (χ1n) is 8.66. The third kappa shape index (κ3) is 5.43. The summed E-state index contributed by atoms with van der Waals surface area (Å²) in [7, 11) is 0. The van der Waals surface area contributed by atoms with Gasteiger partial charge in [-0.25, -0.2) is 9.78 Å². The Balaban J connectivity index is 1.89. The van der Waals surface area contributed by atoms with Crippen molar-refractivity contribution in [1.82, 2.24) is 9.88 Å². The van der Waals surface area contributed by atoms with Crippen LogP contribution in [0.1, 0.15) is 50.5 Å². The number of carboxylic acid groups (broad SMARTS) is 1. The highest BCUT2D eigenvalue weighted by Crippen LogP contribution is 2.28. The van der Waals surface area contributed by atoms with E-state index in [1.807, 2.05) is 4.90 Å². The molecule has 0 saturated carbocycles. The first-order valence-corrected chi connectivity index (χ1v) is 10.5. The van der Waals surface area contributed by atoms with Crippen LogP contribution in [0, 0.1) is 11.8 Å². The molecular weight excluding hydrogens is 358 g/mol. The average Bonchev–Trinajstić information content (AvgIpc) is 3.14. The second-order valence-corrected chi connectivity index (χ2v) is 9.23. The molecule has 0 aromatic carbocycles. The van der Waals surface area contributed by atoms with Gasteiger partial charge in [0.05, 0.1) is 0 Å². The van der Waals surface area contributed by atoms with Gasteiger partial charge in [0.2, 0.25) is 5.91 Å². The van der Waals surface area contributed by atoms with Crippen molar-refractivity contribution in [2.45, 2.75) is 56.5 Å². The van der Waals surface area contributed by atoms with Crippen molar-refractivity contribution in [3.8, 4) is 0 Å². The molecule has 0 aliphatic carbocycles. The molecule has 1 aliphatic rings. The maximum Gasteiger partial charge on any atom is 0.355 e. The monoisotopic (exact) mass is 385 g/mol. The van der Waals surface area contributed by atoms with Gasteiger partial charge in [-0.15, -0.1) is 11.3 Å². The number of carbonyl (C=O) groups excluding carboxylic acids is 1. The minimum Gasteiger partial charge on any atom is -0.476 e. The van der Waals surface area contributed by atoms with Crippen LogP contribution >= 0.6 is 23.1 Å². The van der Waals surface area contributed by atoms with Gasteiger partial charge in [0.1, 0.15) is 0 Å². The van der Waals surface area contributed by atoms with Crippen LogP contribution in [0.2, 0.25) is 0 Å². The average molecular weight is 386 g/mol. The van der Waals surface area contributed by atoms with Gasteiger partial charge in [-0.3, -0.25) is 4.79 Å². The highest BCUT2D eigenvalue weighted by atomic mass is 32.2. The summed E-state index contributed by atoms with van der Waals surface area (Å²) in [4.78, 5) is 29.1. The minimum atomic E-state index is -1.01. The Kier molecular flexibility index (Phi) is 7.27. The van der Waals surface area contributed by atoms with Crippen LogP contribution in [0.3, 0.4) is 0 Å². The topological polar surface area (TPSA) is 96.5 Å². The molecular formula is C17H27N3O3S2. The number of hydrogen-bond donors (Lipinski definition) is 2. The van der Waals surface area contributed by atoms with Gasteiger partial charge in [-0.05, 0) is 24.7 Å². The molecule has 1 saturated heterocycles. The van der Waals surface area contributed by atoms with Crippen LogP contribution in [0.4, 0.5) is 0 Å². The van der Waals surface area contributed by atoms with Crippen molar-refractivity contribution >= 4 is 35.0 Å². The van der Waals surface area contributed by atoms with Gasteiger partial charge in [-0.2, -0.15) is 0 Å². The van der Waals surface area contributed by atoms with E-state index in [0.29, 0.717) is 30.6 Å². The van der Waals surface area contributed by atoms with Crippen molar-refractivity contribution < 1.29 is 14.7 Å². The Morgan fingerprint density at radius 3 is 2.84 bits per heavy atom. The number of thioether (sulfide) groups is 1. The molecule has 1 amide bonds. The molecule has 1 aromatic heterocycles. The second kappa shape index (κ2) is 9.00. The van der Waals surface area contributed by atoms with E-state index in [4.69, 9.17) is 10.8 Å². The van der Waals surface area contributed by atoms with Gasteiger partial charge < -0.3 is 15.7 Å². The lowest BCUT2D eigenvalue weighted by atomic mass is 9.87. The first kappa shape index (κ1) is 20.2. The Morgan fingerprint density at radius 2 is 2.24 bits per heavy atom. The molecule has 2 unspecified atom stereocenters. The quantitative estimate of drug-likeness (QED) is 0.635. The fourth-order valence-corrected chi connectivity index (χ4v) is 5.19. The third-order valence-corrected chi connectivity index (χ3v) is 6.58. The van der Waals surface area contributed by atoms with Crippen LogP contribution in [0.5, 0.6) is 0 Å². The first-order chi connectivity index (χ1) is 11.8. The van der Waals surface area contributed by atoms with Gasteiger partial charge in [-0.1, -0.05) is 32.5 Å². The normalized spacial score (nSPS) is 20.3. The van der Waals surface area contributed by atoms with Crippen LogP contribution in [-0.2, 0) is 4.79 Å². The molecule has 1 aromatic rings. The Morgan fingerprint density at radius 1 is 1.52 bits per heavy atom. The number of nitrogens with two attached hydrogens (primary N) is 1. The lowest BCUT2D eigenvalue weighted by Crippen LogP contribution is -2.49. The molecule has 2 heterocycles. The summed E-state index contributed by atoms with van der Waals surface area (Å²) in [6.45, 7) is 7.18. The highest BCUT2D eigenvalue weighted by molar-refractivity contribution is 8.01. The van der Waals surface area contributed by atoms with Crippen LogP contribution < -0.4 is 5.73 Å². The van der Waals surface area contributed by atoms with E-state index < -0.39 is 5.97 Å². The zero-order valence-electron chi connectivity index (χ0n) is 15.0. The molecule has 6 nitrogen and oxygen atoms in total. The van der Waals surface area contributed by atoms with E-state index in [0.717, 1.165) is 17.2 Å². The van der Waals surface area contributed by atoms with E-state index in [9.17, 15) is 9.59 Å². The zero-order chi connectivity index (χ0) is 18.6. The summed E-state index contributed by atoms with van der Waals surface area (Å²) in [6, 6.07) is 0.102. The molecule has 3 atom stereocenters. The number of carbonyl (C=O) groups is 2. The van der Waals surface area contributed by atoms with Gasteiger partial charge in [0, 0.05) is 36.2 Å². The van der Waals surface area contributed by atoms with E-state index in [1.165, 1.54) is 28.5 Å². The number of likely N-dealkylation sites (tertiary alicyclic amines) is 1. The SMILES string of the molecule is CC(C)CC(C)C(N)[C@H]1CCC(=O)N1CCSc1nc(C(=O)O)cs1. The number of thiazole rings is 1. The van der Waals surface area contributed by atoms with Crippen LogP contribution in [-0.4, -0.2) is 51.2 Å². The maximum absolute atomic E-state index is 12.2. The Hall–Kier alpha value is -1.12. The summed E-state index contributed by atoms with van der Waals surface area (Å²) >= 11 is 2.81. The molecule has 0 bridgehead atoms. The van der Waals surface area contributed by atoms with Gasteiger partial charge >= 0.3 is 5.97 Å². The van der Waals surface area contributed by atoms with E-state index in [-0.39, 0.29) is 23.7 Å². The summed E-state index contributed by atoms with van der Waals surface area (Å²) in [6.07, 6.45) is 2.46. The van der Waals surface area contributed by atoms with E-state index >= 15 is 0 Å². The van der Waals surface area contributed by atoms with E-state index in [2.05, 4.69) is 25.8 Å². The highest BCUT2D eigenvalue weighted by Gasteiger charge is 2.36. The predicted molar refractivity (Wildman–Crippen MR) is 101 cm³/mol. The number of aromatic carboxylic acids is 1. The summed E-state index contributed by atoms with van der Waals surface area (Å²) < 4.78 is 0.720. The Bertz CT molecular complexity index is 606. The van der Waals surface area contributed by atoms with Gasteiger partial charge in [0.25, 0.3) is 0 Å². The number of hydrogen-bond acceptors (Lipinski definition) is 6. The molecule has 1 fully saturated rings. The maximum atomic E-state index is 12.2. The summed E-state index contributed by atoms with van der Waals surface area (Å²) in [5, 5.41) is 10.4. The summed E-state index contributed by atoms with van der Waals surface area (Å²) in [5.41, 5.74) is 6.54. The number of rotatable bonds is 9. The van der Waals surface area contributed by atoms with E-state index in [1.54, 1.807) is 0 Å². The molecule has 3 N–H and O–H groups in total. The van der Waals surface area contributed by atoms with Crippen LogP contribution in [0.25, 0.3) is 0 Å². The number of amides is 1. The molecule has 0 radical (unpaired) electrons. The smallest absolute Gasteiger partial charge is 0.355 e. The fourth-order valence-electron chi connectivity index (χ4n) is 3.38. The third-order valence-electron chi connectivity index (χ3n) is 4.58. The zero-order valence-corrected chi connectivity index (χ0v) is 16.6. The van der Waals surface area contributed by atoms with Gasteiger partial charge in [0.15, 0.2) is 10.0 Å². The molecule has 25 heavy (non-hydrogen) atoms. The molecule has 1 aliphatic heterocycles. The molecule has 8 heteroatoms. The minimum absolute atomic E-state index is 0.00248. The van der Waals surface area contributed by atoms with Crippen molar-refractivity contribution in [3.63, 3.8) is 0 Å². The van der Waals surface area contributed by atoms with Crippen molar-refractivity contribution in [1.29, 1.82) is 0 Å². The molecule has 2 rings (SSSR count). The number of aromatic nitrogens is 1. The van der Waals surface area contributed by atoms with Crippen molar-refractivity contribution in [2.75, 3.05) is 12.3 Å². The number of nitrogens with zero attached hydrogens (tertiary/aromatic N) is 2. The molecule has 0 spiro atoms. The lowest BCUT2D eigenvalue weighted by molar-refractivity contribution is -0.129. The van der Waals surface area contributed by atoms with Crippen molar-refractivity contribution in [3.05, 3.63) is 11.1 Å². The largest absolute Gasteiger partial charge is 0.476 e. The second-order valence-electron chi connectivity index (χ2n) is 7.03. The Labute approximate surface area is 157 Å². The summed E-state index contributed by atoms with van der Waals surface area (Å²) in [5.74, 6) is 0.824. The van der Waals surface area contributed by atoms with Crippen molar-refractivity contribution in [2.24, 2.45) is 17.6 Å². The number of carboxylic acids is 1. The van der Waals surface area contributed by atoms with Crippen LogP contribution in [0.15, 0.2) is 9.72 Å². The molecule has 140 valence electrons. The fraction of sp³-hybridized carbons (Fsp3) is 0.706.